The summed E-state index contributed by atoms with van der Waals surface area (Å²) in [6.07, 6.45) is 2.58. The molecule has 0 spiro atoms. The Morgan fingerprint density at radius 2 is 1.94 bits per heavy atom. The second kappa shape index (κ2) is 14.6. The molecule has 1 heterocycles. The summed E-state index contributed by atoms with van der Waals surface area (Å²) in [5.74, 6) is 0.855. The van der Waals surface area contributed by atoms with E-state index in [0.717, 1.165) is 44.9 Å². The van der Waals surface area contributed by atoms with Gasteiger partial charge in [-0.25, -0.2) is 4.79 Å². The highest BCUT2D eigenvalue weighted by molar-refractivity contribution is 14.0. The van der Waals surface area contributed by atoms with Crippen molar-refractivity contribution in [2.75, 3.05) is 26.2 Å². The molecule has 1 amide bonds. The van der Waals surface area contributed by atoms with E-state index in [4.69, 9.17) is 4.74 Å². The molecule has 0 aliphatic carbocycles. The van der Waals surface area contributed by atoms with Crippen molar-refractivity contribution in [2.45, 2.75) is 78.1 Å². The molecule has 7 nitrogen and oxygen atoms in total. The minimum atomic E-state index is -0.474. The van der Waals surface area contributed by atoms with Crippen LogP contribution in [0.3, 0.4) is 0 Å². The third-order valence-electron chi connectivity index (χ3n) is 5.20. The molecule has 32 heavy (non-hydrogen) atoms. The molecule has 1 aliphatic heterocycles. The molecule has 1 aromatic rings. The number of aliphatic imine (C=N–C) groups is 1. The van der Waals surface area contributed by atoms with Gasteiger partial charge in [-0.1, -0.05) is 30.3 Å². The molecule has 1 saturated heterocycles. The summed E-state index contributed by atoms with van der Waals surface area (Å²) in [6, 6.07) is 11.6. The number of guanidine groups is 1. The molecule has 182 valence electrons. The van der Waals surface area contributed by atoms with Crippen LogP contribution in [-0.2, 0) is 11.3 Å². The Morgan fingerprint density at radius 3 is 2.56 bits per heavy atom. The first-order valence-corrected chi connectivity index (χ1v) is 11.6. The van der Waals surface area contributed by atoms with Crippen molar-refractivity contribution in [3.8, 4) is 0 Å². The van der Waals surface area contributed by atoms with E-state index in [9.17, 15) is 4.79 Å². The van der Waals surface area contributed by atoms with Gasteiger partial charge in [-0.15, -0.1) is 24.0 Å². The number of nitrogens with zero attached hydrogens (tertiary/aromatic N) is 2. The van der Waals surface area contributed by atoms with Crippen LogP contribution in [0.25, 0.3) is 0 Å². The molecule has 0 aromatic heterocycles. The van der Waals surface area contributed by atoms with Gasteiger partial charge in [0.25, 0.3) is 0 Å². The van der Waals surface area contributed by atoms with E-state index in [1.54, 1.807) is 0 Å². The lowest BCUT2D eigenvalue weighted by Crippen LogP contribution is -2.51. The fraction of sp³-hybridized carbons (Fsp3) is 0.667. The van der Waals surface area contributed by atoms with E-state index >= 15 is 0 Å². The SMILES string of the molecule is CCNC(=NCCCNC(=O)OC(C)(C)C)NC1CCN(Cc2ccccc2)C(C)C1.I. The quantitative estimate of drug-likeness (QED) is 0.193. The van der Waals surface area contributed by atoms with Gasteiger partial charge in [0.1, 0.15) is 5.60 Å². The highest BCUT2D eigenvalue weighted by Crippen LogP contribution is 2.20. The molecular weight excluding hydrogens is 517 g/mol. The lowest BCUT2D eigenvalue weighted by Gasteiger charge is -2.38. The number of amides is 1. The topological polar surface area (TPSA) is 78.0 Å². The van der Waals surface area contributed by atoms with Gasteiger partial charge in [0, 0.05) is 44.8 Å². The van der Waals surface area contributed by atoms with Crippen molar-refractivity contribution in [1.82, 2.24) is 20.9 Å². The predicted molar refractivity (Wildman–Crippen MR) is 143 cm³/mol. The van der Waals surface area contributed by atoms with Gasteiger partial charge >= 0.3 is 6.09 Å². The standard InChI is InChI=1S/C24H41N5O2.HI/c1-6-25-22(26-14-10-15-27-23(30)31-24(3,4)5)28-21-13-16-29(19(2)17-21)18-20-11-8-7-9-12-20;/h7-9,11-12,19,21H,6,10,13-18H2,1-5H3,(H,27,30)(H2,25,26,28);1H. The van der Waals surface area contributed by atoms with Crippen molar-refractivity contribution in [3.63, 3.8) is 0 Å². The minimum Gasteiger partial charge on any atom is -0.444 e. The molecule has 8 heteroatoms. The first-order valence-electron chi connectivity index (χ1n) is 11.6. The molecule has 2 atom stereocenters. The Balaban J connectivity index is 0.00000512. The molecule has 2 unspecified atom stereocenters. The number of ether oxygens (including phenoxy) is 1. The van der Waals surface area contributed by atoms with Crippen LogP contribution in [0.15, 0.2) is 35.3 Å². The van der Waals surface area contributed by atoms with Gasteiger partial charge in [-0.05, 0) is 59.4 Å². The van der Waals surface area contributed by atoms with Crippen LogP contribution in [0.4, 0.5) is 4.79 Å². The van der Waals surface area contributed by atoms with Crippen molar-refractivity contribution in [2.24, 2.45) is 4.99 Å². The first kappa shape index (κ1) is 28.5. The molecule has 1 aliphatic rings. The third-order valence-corrected chi connectivity index (χ3v) is 5.20. The summed E-state index contributed by atoms with van der Waals surface area (Å²) in [7, 11) is 0. The number of carbonyl (C=O) groups is 1. The number of halogens is 1. The largest absolute Gasteiger partial charge is 0.444 e. The van der Waals surface area contributed by atoms with Crippen LogP contribution in [-0.4, -0.2) is 60.8 Å². The van der Waals surface area contributed by atoms with Gasteiger partial charge in [-0.2, -0.15) is 0 Å². The van der Waals surface area contributed by atoms with Gasteiger partial charge in [0.15, 0.2) is 5.96 Å². The number of likely N-dealkylation sites (tertiary alicyclic amines) is 1. The molecule has 1 fully saturated rings. The Labute approximate surface area is 211 Å². The Kier molecular flexibility index (Phi) is 13.0. The van der Waals surface area contributed by atoms with Crippen LogP contribution >= 0.6 is 24.0 Å². The zero-order valence-electron chi connectivity index (χ0n) is 20.3. The van der Waals surface area contributed by atoms with Crippen LogP contribution in [0.2, 0.25) is 0 Å². The summed E-state index contributed by atoms with van der Waals surface area (Å²) in [4.78, 5) is 18.9. The molecular formula is C24H42IN5O2. The molecule has 0 bridgehead atoms. The smallest absolute Gasteiger partial charge is 0.407 e. The van der Waals surface area contributed by atoms with Crippen molar-refractivity contribution in [3.05, 3.63) is 35.9 Å². The Hall–Kier alpha value is -1.55. The summed E-state index contributed by atoms with van der Waals surface area (Å²) in [6.45, 7) is 14.1. The lowest BCUT2D eigenvalue weighted by atomic mass is 9.97. The maximum Gasteiger partial charge on any atom is 0.407 e. The molecule has 0 radical (unpaired) electrons. The van der Waals surface area contributed by atoms with Gasteiger partial charge < -0.3 is 20.7 Å². The van der Waals surface area contributed by atoms with Crippen molar-refractivity contribution < 1.29 is 9.53 Å². The van der Waals surface area contributed by atoms with Gasteiger partial charge in [0.2, 0.25) is 0 Å². The Bertz CT molecular complexity index is 693. The number of piperidine rings is 1. The number of nitrogens with one attached hydrogen (secondary N) is 3. The van der Waals surface area contributed by atoms with Gasteiger partial charge in [-0.3, -0.25) is 9.89 Å². The minimum absolute atomic E-state index is 0. The van der Waals surface area contributed by atoms with E-state index in [2.05, 4.69) is 70.0 Å². The monoisotopic (exact) mass is 559 g/mol. The maximum atomic E-state index is 11.7. The van der Waals surface area contributed by atoms with Gasteiger partial charge in [0.05, 0.1) is 0 Å². The van der Waals surface area contributed by atoms with Crippen LogP contribution < -0.4 is 16.0 Å². The Morgan fingerprint density at radius 1 is 1.22 bits per heavy atom. The summed E-state index contributed by atoms with van der Waals surface area (Å²) >= 11 is 0. The number of carbonyl (C=O) groups excluding carboxylic acids is 1. The maximum absolute atomic E-state index is 11.7. The highest BCUT2D eigenvalue weighted by atomic mass is 127. The lowest BCUT2D eigenvalue weighted by molar-refractivity contribution is 0.0527. The van der Waals surface area contributed by atoms with E-state index in [0.29, 0.717) is 25.2 Å². The van der Waals surface area contributed by atoms with Crippen LogP contribution in [0.1, 0.15) is 59.4 Å². The molecule has 2 rings (SSSR count). The van der Waals surface area contributed by atoms with Crippen molar-refractivity contribution in [1.29, 1.82) is 0 Å². The van der Waals surface area contributed by atoms with E-state index < -0.39 is 5.60 Å². The van der Waals surface area contributed by atoms with E-state index in [-0.39, 0.29) is 30.1 Å². The number of hydrogen-bond donors (Lipinski definition) is 3. The number of alkyl carbamates (subject to hydrolysis) is 1. The second-order valence-electron chi connectivity index (χ2n) is 9.21. The van der Waals surface area contributed by atoms with E-state index in [1.807, 2.05) is 20.8 Å². The normalized spacial score (nSPS) is 19.6. The third kappa shape index (κ3) is 11.4. The number of hydrogen-bond acceptors (Lipinski definition) is 4. The second-order valence-corrected chi connectivity index (χ2v) is 9.21. The fourth-order valence-corrected chi connectivity index (χ4v) is 3.69. The summed E-state index contributed by atoms with van der Waals surface area (Å²) in [5, 5.41) is 9.72. The summed E-state index contributed by atoms with van der Waals surface area (Å²) in [5.41, 5.74) is 0.897. The van der Waals surface area contributed by atoms with Crippen LogP contribution in [0, 0.1) is 0 Å². The zero-order valence-corrected chi connectivity index (χ0v) is 22.6. The predicted octanol–water partition coefficient (Wildman–Crippen LogP) is 4.13. The number of rotatable bonds is 8. The molecule has 3 N–H and O–H groups in total. The van der Waals surface area contributed by atoms with E-state index in [1.165, 1.54) is 5.56 Å². The van der Waals surface area contributed by atoms with Crippen molar-refractivity contribution >= 4 is 36.0 Å². The van der Waals surface area contributed by atoms with Crippen LogP contribution in [0.5, 0.6) is 0 Å². The molecule has 1 aromatic carbocycles. The average Bonchev–Trinajstić information content (AvgIpc) is 2.69. The fourth-order valence-electron chi connectivity index (χ4n) is 3.69. The number of benzene rings is 1. The highest BCUT2D eigenvalue weighted by Gasteiger charge is 2.26. The zero-order chi connectivity index (χ0) is 22.7. The summed E-state index contributed by atoms with van der Waals surface area (Å²) < 4.78 is 5.25. The first-order chi connectivity index (χ1) is 14.8. The molecule has 0 saturated carbocycles. The average molecular weight is 560 g/mol.